The molecule has 0 aromatic heterocycles. The van der Waals surface area contributed by atoms with Gasteiger partial charge in [-0.1, -0.05) is 36.4 Å². The average molecular weight is 358 g/mol. The number of halogens is 4. The van der Waals surface area contributed by atoms with Gasteiger partial charge in [0.1, 0.15) is 0 Å². The van der Waals surface area contributed by atoms with Crippen LogP contribution in [0.15, 0.2) is 36.4 Å². The monoisotopic (exact) mass is 358 g/mol. The molecule has 0 saturated carbocycles. The van der Waals surface area contributed by atoms with Crippen molar-refractivity contribution in [3.8, 4) is 22.3 Å². The topological polar surface area (TPSA) is 0 Å². The Kier molecular flexibility index (Phi) is 4.61. The van der Waals surface area contributed by atoms with Crippen LogP contribution >= 0.6 is 0 Å². The molecule has 0 unspecified atom stereocenters. The van der Waals surface area contributed by atoms with Crippen molar-refractivity contribution in [3.63, 3.8) is 0 Å². The van der Waals surface area contributed by atoms with Crippen molar-refractivity contribution >= 4 is 0 Å². The van der Waals surface area contributed by atoms with E-state index in [4.69, 9.17) is 0 Å². The van der Waals surface area contributed by atoms with Gasteiger partial charge in [0.15, 0.2) is 23.3 Å². The van der Waals surface area contributed by atoms with Crippen LogP contribution in [0.25, 0.3) is 22.3 Å². The molecular weight excluding hydrogens is 340 g/mol. The van der Waals surface area contributed by atoms with Crippen LogP contribution < -0.4 is 0 Å². The lowest BCUT2D eigenvalue weighted by Crippen LogP contribution is -2.04. The Hall–Kier alpha value is -2.62. The lowest BCUT2D eigenvalue weighted by Gasteiger charge is -2.14. The fraction of sp³-hybridized carbons (Fsp3) is 0.182. The molecule has 0 fully saturated rings. The Bertz CT molecular complexity index is 908. The second-order valence-electron chi connectivity index (χ2n) is 6.60. The maximum absolute atomic E-state index is 14.7. The summed E-state index contributed by atoms with van der Waals surface area (Å²) in [4.78, 5) is 0. The van der Waals surface area contributed by atoms with E-state index in [1.54, 1.807) is 26.0 Å². The second kappa shape index (κ2) is 6.60. The molecule has 0 atom stereocenters. The highest BCUT2D eigenvalue weighted by atomic mass is 19.2. The zero-order valence-corrected chi connectivity index (χ0v) is 15.0. The van der Waals surface area contributed by atoms with Gasteiger partial charge < -0.3 is 0 Å². The Morgan fingerprint density at radius 2 is 0.769 bits per heavy atom. The summed E-state index contributed by atoms with van der Waals surface area (Å²) in [5.41, 5.74) is 2.23. The van der Waals surface area contributed by atoms with E-state index in [1.807, 2.05) is 13.8 Å². The zero-order valence-electron chi connectivity index (χ0n) is 15.0. The first-order valence-corrected chi connectivity index (χ1v) is 8.23. The summed E-state index contributed by atoms with van der Waals surface area (Å²) >= 11 is 0. The quantitative estimate of drug-likeness (QED) is 0.349. The second-order valence-corrected chi connectivity index (χ2v) is 6.60. The van der Waals surface area contributed by atoms with Gasteiger partial charge in [-0.15, -0.1) is 0 Å². The molecule has 3 rings (SSSR count). The van der Waals surface area contributed by atoms with Gasteiger partial charge in [-0.25, -0.2) is 17.6 Å². The van der Waals surface area contributed by atoms with Crippen LogP contribution in [0.4, 0.5) is 17.6 Å². The van der Waals surface area contributed by atoms with Gasteiger partial charge in [0.05, 0.1) is 11.1 Å². The van der Waals surface area contributed by atoms with E-state index >= 15 is 0 Å². The van der Waals surface area contributed by atoms with Crippen LogP contribution in [0.2, 0.25) is 0 Å². The van der Waals surface area contributed by atoms with E-state index in [1.165, 1.54) is 24.3 Å². The van der Waals surface area contributed by atoms with E-state index in [-0.39, 0.29) is 11.1 Å². The molecule has 0 spiro atoms. The molecule has 0 radical (unpaired) electrons. The SMILES string of the molecule is Cc1ccc(-c2c(F)c(F)c(-c3ccc(C)c(C)c3)c(F)c2F)cc1C. The van der Waals surface area contributed by atoms with Crippen molar-refractivity contribution in [2.24, 2.45) is 0 Å². The van der Waals surface area contributed by atoms with Crippen LogP contribution in [0.1, 0.15) is 22.3 Å². The summed E-state index contributed by atoms with van der Waals surface area (Å²) in [5, 5.41) is 0. The van der Waals surface area contributed by atoms with Crippen LogP contribution in [-0.4, -0.2) is 0 Å². The predicted molar refractivity (Wildman–Crippen MR) is 96.1 cm³/mol. The number of benzene rings is 3. The van der Waals surface area contributed by atoms with Gasteiger partial charge in [-0.2, -0.15) is 0 Å². The Balaban J connectivity index is 2.28. The van der Waals surface area contributed by atoms with Crippen molar-refractivity contribution in [1.29, 1.82) is 0 Å². The number of hydrogen-bond donors (Lipinski definition) is 0. The summed E-state index contributed by atoms with van der Waals surface area (Å²) in [6, 6.07) is 9.28. The molecule has 0 aliphatic rings. The minimum Gasteiger partial charge on any atom is -0.203 e. The maximum Gasteiger partial charge on any atom is 0.170 e. The van der Waals surface area contributed by atoms with E-state index < -0.39 is 34.4 Å². The molecule has 0 bridgehead atoms. The molecule has 3 aromatic rings. The van der Waals surface area contributed by atoms with E-state index in [0.717, 1.165) is 22.3 Å². The zero-order chi connectivity index (χ0) is 19.2. The Morgan fingerprint density at radius 3 is 1.04 bits per heavy atom. The highest BCUT2D eigenvalue weighted by Crippen LogP contribution is 2.37. The van der Waals surface area contributed by atoms with Crippen LogP contribution in [0, 0.1) is 51.0 Å². The lowest BCUT2D eigenvalue weighted by atomic mass is 9.94. The molecule has 0 saturated heterocycles. The van der Waals surface area contributed by atoms with E-state index in [2.05, 4.69) is 0 Å². The molecule has 0 aliphatic heterocycles. The molecule has 0 N–H and O–H groups in total. The van der Waals surface area contributed by atoms with Gasteiger partial charge in [0, 0.05) is 0 Å². The first kappa shape index (κ1) is 18.2. The van der Waals surface area contributed by atoms with Crippen LogP contribution in [-0.2, 0) is 0 Å². The van der Waals surface area contributed by atoms with E-state index in [0.29, 0.717) is 0 Å². The minimum atomic E-state index is -1.39. The summed E-state index contributed by atoms with van der Waals surface area (Å²) < 4.78 is 58.8. The van der Waals surface area contributed by atoms with Gasteiger partial charge >= 0.3 is 0 Å². The summed E-state index contributed by atoms with van der Waals surface area (Å²) in [7, 11) is 0. The minimum absolute atomic E-state index is 0.104. The first-order chi connectivity index (χ1) is 12.2. The third-order valence-corrected chi connectivity index (χ3v) is 4.85. The number of rotatable bonds is 2. The predicted octanol–water partition coefficient (Wildman–Crippen LogP) is 6.81. The molecule has 3 aromatic carbocycles. The highest BCUT2D eigenvalue weighted by Gasteiger charge is 2.27. The van der Waals surface area contributed by atoms with Crippen LogP contribution in [0.3, 0.4) is 0 Å². The standard InChI is InChI=1S/C22H18F4/c1-11-5-7-15(9-13(11)3)17-19(23)21(25)18(22(26)20(17)24)16-8-6-12(2)14(4)10-16/h5-10H,1-4H3. The molecule has 4 heteroatoms. The third-order valence-electron chi connectivity index (χ3n) is 4.85. The molecular formula is C22H18F4. The summed E-state index contributed by atoms with van der Waals surface area (Å²) in [6.07, 6.45) is 0. The van der Waals surface area contributed by atoms with Crippen molar-refractivity contribution in [3.05, 3.63) is 81.9 Å². The Labute approximate surface area is 150 Å². The van der Waals surface area contributed by atoms with Crippen molar-refractivity contribution in [2.75, 3.05) is 0 Å². The summed E-state index contributed by atoms with van der Waals surface area (Å²) in [6.45, 7) is 7.22. The van der Waals surface area contributed by atoms with Gasteiger partial charge in [0.2, 0.25) is 0 Å². The maximum atomic E-state index is 14.7. The fourth-order valence-electron chi connectivity index (χ4n) is 2.93. The molecule has 134 valence electrons. The Morgan fingerprint density at radius 1 is 0.462 bits per heavy atom. The van der Waals surface area contributed by atoms with Crippen molar-refractivity contribution < 1.29 is 17.6 Å². The fourth-order valence-corrected chi connectivity index (χ4v) is 2.93. The number of hydrogen-bond acceptors (Lipinski definition) is 0. The molecule has 0 amide bonds. The van der Waals surface area contributed by atoms with Crippen LogP contribution in [0.5, 0.6) is 0 Å². The van der Waals surface area contributed by atoms with Gasteiger partial charge in [0.25, 0.3) is 0 Å². The molecule has 0 heterocycles. The lowest BCUT2D eigenvalue weighted by molar-refractivity contribution is 0.463. The van der Waals surface area contributed by atoms with Gasteiger partial charge in [-0.3, -0.25) is 0 Å². The molecule has 0 aliphatic carbocycles. The van der Waals surface area contributed by atoms with E-state index in [9.17, 15) is 17.6 Å². The largest absolute Gasteiger partial charge is 0.203 e. The van der Waals surface area contributed by atoms with Crippen molar-refractivity contribution in [1.82, 2.24) is 0 Å². The molecule has 26 heavy (non-hydrogen) atoms. The normalized spacial score (nSPS) is 11.1. The first-order valence-electron chi connectivity index (χ1n) is 8.23. The summed E-state index contributed by atoms with van der Waals surface area (Å²) in [5.74, 6) is -5.55. The van der Waals surface area contributed by atoms with Gasteiger partial charge in [-0.05, 0) is 61.1 Å². The smallest absolute Gasteiger partial charge is 0.170 e. The third kappa shape index (κ3) is 2.90. The molecule has 0 nitrogen and oxygen atoms in total. The highest BCUT2D eigenvalue weighted by molar-refractivity contribution is 5.74. The number of aryl methyl sites for hydroxylation is 4. The van der Waals surface area contributed by atoms with Crippen molar-refractivity contribution in [2.45, 2.75) is 27.7 Å². The average Bonchev–Trinajstić information content (AvgIpc) is 2.60.